The van der Waals surface area contributed by atoms with Crippen molar-refractivity contribution in [2.75, 3.05) is 0 Å². The van der Waals surface area contributed by atoms with Gasteiger partial charge >= 0.3 is 0 Å². The summed E-state index contributed by atoms with van der Waals surface area (Å²) in [5.41, 5.74) is 3.62. The Bertz CT molecular complexity index is 155. The molecule has 0 aromatic rings. The first-order valence-corrected chi connectivity index (χ1v) is 5.12. The van der Waals surface area contributed by atoms with E-state index in [2.05, 4.69) is 41.5 Å². The highest BCUT2D eigenvalue weighted by Gasteiger charge is 2.16. The van der Waals surface area contributed by atoms with Crippen LogP contribution in [0, 0.1) is 5.41 Å². The van der Waals surface area contributed by atoms with Gasteiger partial charge < -0.3 is 0 Å². The zero-order valence-electron chi connectivity index (χ0n) is 9.62. The summed E-state index contributed by atoms with van der Waals surface area (Å²) in [5, 5.41) is 0. The quantitative estimate of drug-likeness (QED) is 0.542. The summed E-state index contributed by atoms with van der Waals surface area (Å²) in [5.74, 6) is 0. The maximum absolute atomic E-state index is 2.31. The zero-order chi connectivity index (χ0) is 9.78. The van der Waals surface area contributed by atoms with E-state index in [-0.39, 0.29) is 0 Å². The molecule has 0 spiro atoms. The summed E-state index contributed by atoms with van der Waals surface area (Å²) in [6.07, 6.45) is 3.74. The molecule has 0 nitrogen and oxygen atoms in total. The van der Waals surface area contributed by atoms with E-state index in [1.54, 1.807) is 11.1 Å². The van der Waals surface area contributed by atoms with Crippen molar-refractivity contribution in [1.82, 2.24) is 0 Å². The third kappa shape index (κ3) is 3.42. The van der Waals surface area contributed by atoms with E-state index < -0.39 is 0 Å². The van der Waals surface area contributed by atoms with Gasteiger partial charge in [0.15, 0.2) is 0 Å². The Hall–Kier alpha value is -0.260. The summed E-state index contributed by atoms with van der Waals surface area (Å²) in [6.45, 7) is 13.7. The van der Waals surface area contributed by atoms with Crippen LogP contribution in [0.25, 0.3) is 0 Å². The highest BCUT2D eigenvalue weighted by atomic mass is 14.2. The standard InChI is InChI=1S/C12H24/c1-7-9-10(3)11(8-2)12(4,5)6/h7-9H2,1-6H3. The number of hydrogen-bond acceptors (Lipinski definition) is 0. The first-order valence-electron chi connectivity index (χ1n) is 5.12. The molecule has 0 heterocycles. The van der Waals surface area contributed by atoms with E-state index >= 15 is 0 Å². The van der Waals surface area contributed by atoms with Crippen LogP contribution in [0.3, 0.4) is 0 Å². The third-order valence-corrected chi connectivity index (χ3v) is 2.40. The van der Waals surface area contributed by atoms with Gasteiger partial charge in [0.2, 0.25) is 0 Å². The van der Waals surface area contributed by atoms with E-state index in [4.69, 9.17) is 0 Å². The van der Waals surface area contributed by atoms with Gasteiger partial charge in [-0.05, 0) is 25.2 Å². The number of rotatable bonds is 3. The maximum Gasteiger partial charge on any atom is -0.0171 e. The lowest BCUT2D eigenvalue weighted by Gasteiger charge is -2.25. The van der Waals surface area contributed by atoms with E-state index in [1.165, 1.54) is 19.3 Å². The van der Waals surface area contributed by atoms with Crippen LogP contribution < -0.4 is 0 Å². The first kappa shape index (κ1) is 11.7. The molecule has 12 heavy (non-hydrogen) atoms. The average molecular weight is 168 g/mol. The minimum absolute atomic E-state index is 0.369. The van der Waals surface area contributed by atoms with Crippen molar-refractivity contribution in [3.63, 3.8) is 0 Å². The van der Waals surface area contributed by atoms with Crippen LogP contribution in [0.15, 0.2) is 11.1 Å². The monoisotopic (exact) mass is 168 g/mol. The van der Waals surface area contributed by atoms with Gasteiger partial charge in [0.1, 0.15) is 0 Å². The van der Waals surface area contributed by atoms with Crippen molar-refractivity contribution in [1.29, 1.82) is 0 Å². The molecule has 0 N–H and O–H groups in total. The van der Waals surface area contributed by atoms with Crippen molar-refractivity contribution >= 4 is 0 Å². The summed E-state index contributed by atoms with van der Waals surface area (Å²) in [6, 6.07) is 0. The van der Waals surface area contributed by atoms with Gasteiger partial charge in [0.05, 0.1) is 0 Å². The zero-order valence-corrected chi connectivity index (χ0v) is 9.62. The molecule has 0 aliphatic rings. The van der Waals surface area contributed by atoms with Crippen LogP contribution in [-0.2, 0) is 0 Å². The molecule has 0 amide bonds. The van der Waals surface area contributed by atoms with E-state index in [9.17, 15) is 0 Å². The first-order chi connectivity index (χ1) is 5.43. The van der Waals surface area contributed by atoms with E-state index in [0.717, 1.165) is 0 Å². The summed E-state index contributed by atoms with van der Waals surface area (Å²) < 4.78 is 0. The van der Waals surface area contributed by atoms with Crippen LogP contribution in [0.4, 0.5) is 0 Å². The lowest BCUT2D eigenvalue weighted by Crippen LogP contribution is -2.10. The Balaban J connectivity index is 4.61. The van der Waals surface area contributed by atoms with Crippen molar-refractivity contribution in [3.05, 3.63) is 11.1 Å². The molecule has 72 valence electrons. The van der Waals surface area contributed by atoms with Gasteiger partial charge in [-0.2, -0.15) is 0 Å². The van der Waals surface area contributed by atoms with Crippen molar-refractivity contribution in [2.24, 2.45) is 5.41 Å². The maximum atomic E-state index is 2.31. The second-order valence-electron chi connectivity index (χ2n) is 4.61. The topological polar surface area (TPSA) is 0 Å². The molecule has 0 heteroatoms. The van der Waals surface area contributed by atoms with Crippen LogP contribution >= 0.6 is 0 Å². The Labute approximate surface area is 78.1 Å². The Morgan fingerprint density at radius 3 is 1.83 bits per heavy atom. The van der Waals surface area contributed by atoms with Crippen molar-refractivity contribution in [2.45, 2.75) is 60.8 Å². The van der Waals surface area contributed by atoms with Gasteiger partial charge in [-0.15, -0.1) is 0 Å². The molecule has 0 atom stereocenters. The van der Waals surface area contributed by atoms with Gasteiger partial charge in [-0.3, -0.25) is 0 Å². The summed E-state index contributed by atoms with van der Waals surface area (Å²) in [7, 11) is 0. The molecule has 0 aliphatic carbocycles. The van der Waals surface area contributed by atoms with Crippen molar-refractivity contribution in [3.8, 4) is 0 Å². The number of hydrogen-bond donors (Lipinski definition) is 0. The fraction of sp³-hybridized carbons (Fsp3) is 0.833. The smallest absolute Gasteiger partial charge is 0.0171 e. The second-order valence-corrected chi connectivity index (χ2v) is 4.61. The molecule has 0 bridgehead atoms. The predicted octanol–water partition coefficient (Wildman–Crippen LogP) is 4.56. The summed E-state index contributed by atoms with van der Waals surface area (Å²) in [4.78, 5) is 0. The lowest BCUT2D eigenvalue weighted by molar-refractivity contribution is 0.479. The van der Waals surface area contributed by atoms with Crippen LogP contribution in [0.5, 0.6) is 0 Å². The second kappa shape index (κ2) is 4.69. The van der Waals surface area contributed by atoms with Gasteiger partial charge in [-0.25, -0.2) is 0 Å². The highest BCUT2D eigenvalue weighted by molar-refractivity contribution is 5.17. The molecule has 0 aliphatic heterocycles. The fourth-order valence-electron chi connectivity index (χ4n) is 2.00. The highest BCUT2D eigenvalue weighted by Crippen LogP contribution is 2.31. The van der Waals surface area contributed by atoms with Crippen molar-refractivity contribution < 1.29 is 0 Å². The lowest BCUT2D eigenvalue weighted by atomic mass is 9.81. The molecule has 0 saturated heterocycles. The van der Waals surface area contributed by atoms with Gasteiger partial charge in [0, 0.05) is 0 Å². The summed E-state index contributed by atoms with van der Waals surface area (Å²) >= 11 is 0. The van der Waals surface area contributed by atoms with Crippen LogP contribution in [0.1, 0.15) is 60.8 Å². The molecule has 0 rings (SSSR count). The fourth-order valence-corrected chi connectivity index (χ4v) is 2.00. The van der Waals surface area contributed by atoms with Crippen LogP contribution in [-0.4, -0.2) is 0 Å². The predicted molar refractivity (Wildman–Crippen MR) is 57.4 cm³/mol. The third-order valence-electron chi connectivity index (χ3n) is 2.40. The molecule has 0 saturated carbocycles. The van der Waals surface area contributed by atoms with E-state index in [1.807, 2.05) is 0 Å². The molecule has 0 aromatic heterocycles. The van der Waals surface area contributed by atoms with E-state index in [0.29, 0.717) is 5.41 Å². The largest absolute Gasteiger partial charge is 0.0736 e. The molecular formula is C12H24. The molecule has 0 radical (unpaired) electrons. The SMILES string of the molecule is CCCC(C)=C(CC)C(C)(C)C. The number of allylic oxidation sites excluding steroid dienone is 2. The molecule has 0 aromatic carbocycles. The molecular weight excluding hydrogens is 144 g/mol. The Morgan fingerprint density at radius 2 is 1.58 bits per heavy atom. The minimum Gasteiger partial charge on any atom is -0.0736 e. The van der Waals surface area contributed by atoms with Gasteiger partial charge in [0.25, 0.3) is 0 Å². The normalized spacial score (nSPS) is 14.5. The van der Waals surface area contributed by atoms with Crippen LogP contribution in [0.2, 0.25) is 0 Å². The average Bonchev–Trinajstić information content (AvgIpc) is 1.85. The molecule has 0 unspecified atom stereocenters. The van der Waals surface area contributed by atoms with Gasteiger partial charge in [-0.1, -0.05) is 52.2 Å². The molecule has 0 fully saturated rings. The Kier molecular flexibility index (Phi) is 4.59. The minimum atomic E-state index is 0.369. The Morgan fingerprint density at radius 1 is 1.08 bits per heavy atom.